The molecule has 0 saturated carbocycles. The van der Waals surface area contributed by atoms with Gasteiger partial charge in [-0.1, -0.05) is 6.07 Å². The van der Waals surface area contributed by atoms with E-state index in [1.807, 2.05) is 6.07 Å². The van der Waals surface area contributed by atoms with E-state index >= 15 is 0 Å². The number of nitrogens with one attached hydrogen (secondary N) is 1. The maximum absolute atomic E-state index is 11.9. The second-order valence-electron chi connectivity index (χ2n) is 5.05. The molecule has 112 valence electrons. The van der Waals surface area contributed by atoms with Crippen LogP contribution in [0.15, 0.2) is 23.1 Å². The molecule has 1 aliphatic heterocycles. The third kappa shape index (κ3) is 3.71. The summed E-state index contributed by atoms with van der Waals surface area (Å²) in [7, 11) is -1.65. The first-order valence-electron chi connectivity index (χ1n) is 6.81. The fourth-order valence-electron chi connectivity index (χ4n) is 2.54. The minimum Gasteiger partial charge on any atom is -0.496 e. The van der Waals surface area contributed by atoms with Crippen molar-refractivity contribution in [2.45, 2.75) is 11.3 Å². The molecule has 1 aliphatic rings. The summed E-state index contributed by atoms with van der Waals surface area (Å²) < 4.78 is 29.1. The average Bonchev–Trinajstić information content (AvgIpc) is 2.44. The van der Waals surface area contributed by atoms with Crippen molar-refractivity contribution in [1.29, 1.82) is 0 Å². The van der Waals surface area contributed by atoms with Crippen LogP contribution in [0.4, 0.5) is 0 Å². The van der Waals surface area contributed by atoms with E-state index in [0.717, 1.165) is 38.3 Å². The van der Waals surface area contributed by atoms with E-state index in [0.29, 0.717) is 17.1 Å². The maximum Gasteiger partial charge on any atom is 0.175 e. The Morgan fingerprint density at radius 1 is 1.30 bits per heavy atom. The summed E-state index contributed by atoms with van der Waals surface area (Å²) in [5, 5.41) is 3.31. The van der Waals surface area contributed by atoms with Gasteiger partial charge in [-0.2, -0.15) is 0 Å². The summed E-state index contributed by atoms with van der Waals surface area (Å²) in [5.41, 5.74) is 0.788. The van der Waals surface area contributed by atoms with E-state index in [1.54, 1.807) is 19.2 Å². The molecule has 1 aromatic carbocycles. The van der Waals surface area contributed by atoms with Crippen LogP contribution in [0.2, 0.25) is 0 Å². The van der Waals surface area contributed by atoms with Crippen LogP contribution in [0.5, 0.6) is 5.75 Å². The highest BCUT2D eigenvalue weighted by atomic mass is 32.2. The van der Waals surface area contributed by atoms with E-state index in [2.05, 4.69) is 10.2 Å². The lowest BCUT2D eigenvalue weighted by atomic mass is 10.1. The molecule has 1 N–H and O–H groups in total. The second-order valence-corrected chi connectivity index (χ2v) is 7.03. The van der Waals surface area contributed by atoms with Gasteiger partial charge < -0.3 is 15.0 Å². The zero-order chi connectivity index (χ0) is 14.6. The SMILES string of the molecule is COc1cccc(S(C)(=O)=O)c1CCN1CCNCC1. The Morgan fingerprint density at radius 3 is 2.60 bits per heavy atom. The fourth-order valence-corrected chi connectivity index (χ4v) is 3.51. The van der Waals surface area contributed by atoms with Crippen LogP contribution in [0.1, 0.15) is 5.56 Å². The van der Waals surface area contributed by atoms with Crippen molar-refractivity contribution in [1.82, 2.24) is 10.2 Å². The van der Waals surface area contributed by atoms with Gasteiger partial charge in [-0.05, 0) is 18.6 Å². The van der Waals surface area contributed by atoms with Gasteiger partial charge in [0.1, 0.15) is 5.75 Å². The molecule has 20 heavy (non-hydrogen) atoms. The molecule has 0 aliphatic carbocycles. The van der Waals surface area contributed by atoms with E-state index < -0.39 is 9.84 Å². The van der Waals surface area contributed by atoms with Crippen molar-refractivity contribution in [2.24, 2.45) is 0 Å². The van der Waals surface area contributed by atoms with Gasteiger partial charge in [0.15, 0.2) is 9.84 Å². The Kier molecular flexibility index (Phi) is 5.01. The molecule has 1 fully saturated rings. The zero-order valence-corrected chi connectivity index (χ0v) is 12.9. The summed E-state index contributed by atoms with van der Waals surface area (Å²) in [4.78, 5) is 2.72. The van der Waals surface area contributed by atoms with Crippen LogP contribution in [-0.4, -0.2) is 59.4 Å². The largest absolute Gasteiger partial charge is 0.496 e. The number of methoxy groups -OCH3 is 1. The zero-order valence-electron chi connectivity index (χ0n) is 12.1. The predicted octanol–water partition coefficient (Wildman–Crippen LogP) is 0.546. The Hall–Kier alpha value is -1.11. The van der Waals surface area contributed by atoms with E-state index in [1.165, 1.54) is 6.26 Å². The van der Waals surface area contributed by atoms with Crippen LogP contribution < -0.4 is 10.1 Å². The standard InChI is InChI=1S/C14H22N2O3S/c1-19-13-4-3-5-14(20(2,17)18)12(13)6-9-16-10-7-15-8-11-16/h3-5,15H,6-11H2,1-2H3. The monoisotopic (exact) mass is 298 g/mol. The Labute approximate surface area is 120 Å². The smallest absolute Gasteiger partial charge is 0.175 e. The molecule has 2 rings (SSSR count). The molecule has 1 heterocycles. The quantitative estimate of drug-likeness (QED) is 0.860. The minimum atomic E-state index is -3.23. The topological polar surface area (TPSA) is 58.6 Å². The Morgan fingerprint density at radius 2 is 2.00 bits per heavy atom. The fraction of sp³-hybridized carbons (Fsp3) is 0.571. The van der Waals surface area contributed by atoms with Gasteiger partial charge in [-0.15, -0.1) is 0 Å². The number of ether oxygens (including phenoxy) is 1. The van der Waals surface area contributed by atoms with Gasteiger partial charge in [0, 0.05) is 44.5 Å². The summed E-state index contributed by atoms with van der Waals surface area (Å²) in [6.45, 7) is 4.84. The molecule has 0 amide bonds. The number of hydrogen-bond donors (Lipinski definition) is 1. The summed E-state index contributed by atoms with van der Waals surface area (Å²) in [5.74, 6) is 0.656. The second kappa shape index (κ2) is 6.56. The molecule has 0 atom stereocenters. The van der Waals surface area contributed by atoms with Crippen molar-refractivity contribution < 1.29 is 13.2 Å². The van der Waals surface area contributed by atoms with Crippen LogP contribution in [0.3, 0.4) is 0 Å². The number of hydrogen-bond acceptors (Lipinski definition) is 5. The highest BCUT2D eigenvalue weighted by Gasteiger charge is 2.18. The van der Waals surface area contributed by atoms with Crippen molar-refractivity contribution in [3.63, 3.8) is 0 Å². The summed E-state index contributed by atoms with van der Waals surface area (Å²) in [6.07, 6.45) is 1.93. The Balaban J connectivity index is 2.20. The Bertz CT molecular complexity index is 552. The van der Waals surface area contributed by atoms with Gasteiger partial charge in [0.2, 0.25) is 0 Å². The lowest BCUT2D eigenvalue weighted by Gasteiger charge is -2.27. The van der Waals surface area contributed by atoms with Crippen molar-refractivity contribution in [2.75, 3.05) is 46.1 Å². The summed E-state index contributed by atoms with van der Waals surface area (Å²) >= 11 is 0. The van der Waals surface area contributed by atoms with E-state index in [-0.39, 0.29) is 0 Å². The van der Waals surface area contributed by atoms with Crippen molar-refractivity contribution >= 4 is 9.84 Å². The van der Waals surface area contributed by atoms with E-state index in [4.69, 9.17) is 4.74 Å². The van der Waals surface area contributed by atoms with E-state index in [9.17, 15) is 8.42 Å². The molecule has 5 nitrogen and oxygen atoms in total. The molecular formula is C14H22N2O3S. The van der Waals surface area contributed by atoms with Gasteiger partial charge in [0.05, 0.1) is 12.0 Å². The number of piperazine rings is 1. The molecule has 1 saturated heterocycles. The van der Waals surface area contributed by atoms with Crippen LogP contribution >= 0.6 is 0 Å². The molecular weight excluding hydrogens is 276 g/mol. The van der Waals surface area contributed by atoms with Gasteiger partial charge >= 0.3 is 0 Å². The highest BCUT2D eigenvalue weighted by molar-refractivity contribution is 7.90. The third-order valence-electron chi connectivity index (χ3n) is 3.60. The first kappa shape index (κ1) is 15.3. The normalized spacial score (nSPS) is 17.1. The van der Waals surface area contributed by atoms with Gasteiger partial charge in [-0.25, -0.2) is 8.42 Å². The van der Waals surface area contributed by atoms with Crippen LogP contribution in [-0.2, 0) is 16.3 Å². The number of sulfone groups is 1. The number of rotatable bonds is 5. The summed E-state index contributed by atoms with van der Waals surface area (Å²) in [6, 6.07) is 5.20. The first-order valence-corrected chi connectivity index (χ1v) is 8.70. The average molecular weight is 298 g/mol. The van der Waals surface area contributed by atoms with Gasteiger partial charge in [0.25, 0.3) is 0 Å². The number of nitrogens with zero attached hydrogens (tertiary/aromatic N) is 1. The maximum atomic E-state index is 11.9. The molecule has 1 aromatic rings. The minimum absolute atomic E-state index is 0.381. The number of benzene rings is 1. The predicted molar refractivity (Wildman–Crippen MR) is 79.1 cm³/mol. The lowest BCUT2D eigenvalue weighted by molar-refractivity contribution is 0.242. The molecule has 0 unspecified atom stereocenters. The van der Waals surface area contributed by atoms with Crippen LogP contribution in [0.25, 0.3) is 0 Å². The first-order chi connectivity index (χ1) is 9.52. The third-order valence-corrected chi connectivity index (χ3v) is 4.78. The molecule has 0 bridgehead atoms. The molecule has 6 heteroatoms. The lowest BCUT2D eigenvalue weighted by Crippen LogP contribution is -2.44. The van der Waals surface area contributed by atoms with Gasteiger partial charge in [-0.3, -0.25) is 0 Å². The van der Waals surface area contributed by atoms with Crippen molar-refractivity contribution in [3.8, 4) is 5.75 Å². The van der Waals surface area contributed by atoms with Crippen molar-refractivity contribution in [3.05, 3.63) is 23.8 Å². The highest BCUT2D eigenvalue weighted by Crippen LogP contribution is 2.26. The molecule has 0 aromatic heterocycles. The molecule has 0 spiro atoms. The molecule has 0 radical (unpaired) electrons. The van der Waals surface area contributed by atoms with Crippen LogP contribution in [0, 0.1) is 0 Å².